The van der Waals surface area contributed by atoms with Crippen molar-refractivity contribution in [2.45, 2.75) is 117 Å². The molecule has 0 bridgehead atoms. The highest BCUT2D eigenvalue weighted by molar-refractivity contribution is 6.07. The Morgan fingerprint density at radius 3 is 1.56 bits per heavy atom. The molecule has 0 heterocycles. The van der Waals surface area contributed by atoms with Gasteiger partial charge in [0.15, 0.2) is 5.78 Å². The first kappa shape index (κ1) is 41.7. The number of carbonyl (C=O) groups excluding carboxylic acids is 2. The number of unbranched alkanes of at least 4 members (excludes halogenated alkanes) is 14. The number of carbonyl (C=O) groups is 2. The lowest BCUT2D eigenvalue weighted by Gasteiger charge is -2.07. The maximum atomic E-state index is 12.9. The standard InChI is InChI=1S/C44H57NO7/c1-3-5-7-8-9-10-11-12-13-14-15-16-17-18-34-51-40-26-19-36(20-27-40)23-30-42(46)38-25-31-43(41(35-38)45(48)49)52-44(47)32-24-37-21-28-39(29-22-37)50-33-6-4-2/h19-32,35H,3-18,33-34H2,1-2H3/b30-23+,32-24+. The third-order valence-electron chi connectivity index (χ3n) is 8.78. The van der Waals surface area contributed by atoms with Gasteiger partial charge in [-0.1, -0.05) is 134 Å². The van der Waals surface area contributed by atoms with Crippen molar-refractivity contribution in [2.75, 3.05) is 13.2 Å². The molecule has 0 atom stereocenters. The SMILES string of the molecule is CCCCCCCCCCCCCCCCOc1ccc(/C=C/C(=O)c2ccc(OC(=O)/C=C/c3ccc(OCCCC)cc3)c([N+](=O)[O-])c2)cc1. The van der Waals surface area contributed by atoms with Crippen molar-refractivity contribution >= 4 is 29.6 Å². The molecule has 0 fully saturated rings. The summed E-state index contributed by atoms with van der Waals surface area (Å²) in [4.78, 5) is 36.4. The van der Waals surface area contributed by atoms with Crippen LogP contribution in [-0.4, -0.2) is 29.9 Å². The Labute approximate surface area is 310 Å². The van der Waals surface area contributed by atoms with Gasteiger partial charge in [-0.2, -0.15) is 0 Å². The zero-order chi connectivity index (χ0) is 37.2. The number of rotatable bonds is 27. The van der Waals surface area contributed by atoms with Crippen molar-refractivity contribution < 1.29 is 28.7 Å². The molecule has 0 N–H and O–H groups in total. The third-order valence-corrected chi connectivity index (χ3v) is 8.78. The summed E-state index contributed by atoms with van der Waals surface area (Å²) in [7, 11) is 0. The van der Waals surface area contributed by atoms with E-state index in [1.807, 2.05) is 36.4 Å². The predicted octanol–water partition coefficient (Wildman–Crippen LogP) is 12.1. The molecule has 8 nitrogen and oxygen atoms in total. The zero-order valence-corrected chi connectivity index (χ0v) is 31.2. The average Bonchev–Trinajstić information content (AvgIpc) is 3.15. The minimum Gasteiger partial charge on any atom is -0.494 e. The molecule has 0 saturated carbocycles. The number of benzene rings is 3. The monoisotopic (exact) mass is 711 g/mol. The van der Waals surface area contributed by atoms with Gasteiger partial charge in [-0.3, -0.25) is 14.9 Å². The molecule has 0 saturated heterocycles. The third kappa shape index (κ3) is 17.0. The summed E-state index contributed by atoms with van der Waals surface area (Å²) in [5.41, 5.74) is 1.16. The Bertz CT molecular complexity index is 1540. The fourth-order valence-electron chi connectivity index (χ4n) is 5.65. The van der Waals surface area contributed by atoms with Crippen LogP contribution in [0.25, 0.3) is 12.2 Å². The van der Waals surface area contributed by atoms with Gasteiger partial charge in [0.05, 0.1) is 18.1 Å². The Kier molecular flexibility index (Phi) is 20.3. The molecule has 3 rings (SSSR count). The predicted molar refractivity (Wildman–Crippen MR) is 210 cm³/mol. The van der Waals surface area contributed by atoms with Crippen LogP contribution in [0.4, 0.5) is 5.69 Å². The molecule has 0 amide bonds. The number of ketones is 1. The Balaban J connectivity index is 1.36. The molecule has 0 unspecified atom stereocenters. The molecule has 0 aromatic heterocycles. The van der Waals surface area contributed by atoms with Crippen molar-refractivity contribution in [3.63, 3.8) is 0 Å². The first-order valence-corrected chi connectivity index (χ1v) is 19.3. The van der Waals surface area contributed by atoms with Gasteiger partial charge in [0.2, 0.25) is 5.75 Å². The van der Waals surface area contributed by atoms with Crippen LogP contribution >= 0.6 is 0 Å². The molecular formula is C44H57NO7. The van der Waals surface area contributed by atoms with Gasteiger partial charge in [-0.15, -0.1) is 0 Å². The number of nitro groups is 1. The molecule has 0 spiro atoms. The Hall–Kier alpha value is -4.72. The van der Waals surface area contributed by atoms with Crippen LogP contribution in [0.2, 0.25) is 0 Å². The highest BCUT2D eigenvalue weighted by Gasteiger charge is 2.20. The van der Waals surface area contributed by atoms with Gasteiger partial charge >= 0.3 is 11.7 Å². The highest BCUT2D eigenvalue weighted by atomic mass is 16.6. The van der Waals surface area contributed by atoms with Crippen LogP contribution in [-0.2, 0) is 4.79 Å². The van der Waals surface area contributed by atoms with E-state index in [9.17, 15) is 19.7 Å². The summed E-state index contributed by atoms with van der Waals surface area (Å²) in [5, 5.41) is 11.8. The van der Waals surface area contributed by atoms with Crippen LogP contribution in [0.15, 0.2) is 78.9 Å². The molecule has 3 aromatic rings. The van der Waals surface area contributed by atoms with Gasteiger partial charge in [0.1, 0.15) is 11.5 Å². The van der Waals surface area contributed by atoms with Crippen molar-refractivity contribution in [1.82, 2.24) is 0 Å². The number of esters is 1. The van der Waals surface area contributed by atoms with Crippen LogP contribution in [0, 0.1) is 10.1 Å². The molecule has 3 aromatic carbocycles. The molecule has 52 heavy (non-hydrogen) atoms. The maximum Gasteiger partial charge on any atom is 0.336 e. The van der Waals surface area contributed by atoms with Gasteiger partial charge < -0.3 is 14.2 Å². The molecule has 0 aliphatic rings. The second kappa shape index (κ2) is 25.3. The summed E-state index contributed by atoms with van der Waals surface area (Å²) in [6, 6.07) is 18.4. The molecule has 0 radical (unpaired) electrons. The lowest BCUT2D eigenvalue weighted by Crippen LogP contribution is -2.07. The summed E-state index contributed by atoms with van der Waals surface area (Å²) >= 11 is 0. The highest BCUT2D eigenvalue weighted by Crippen LogP contribution is 2.29. The fraction of sp³-hybridized carbons (Fsp3) is 0.455. The van der Waals surface area contributed by atoms with Crippen molar-refractivity contribution in [3.8, 4) is 17.2 Å². The number of ether oxygens (including phenoxy) is 3. The second-order valence-corrected chi connectivity index (χ2v) is 13.2. The number of hydrogen-bond donors (Lipinski definition) is 0. The number of nitro benzene ring substituents is 1. The van der Waals surface area contributed by atoms with Crippen LogP contribution < -0.4 is 14.2 Å². The van der Waals surface area contributed by atoms with E-state index in [1.54, 1.807) is 24.3 Å². The Morgan fingerprint density at radius 1 is 0.596 bits per heavy atom. The molecule has 0 aliphatic heterocycles. The average molecular weight is 712 g/mol. The molecular weight excluding hydrogens is 654 g/mol. The first-order chi connectivity index (χ1) is 25.4. The van der Waals surface area contributed by atoms with E-state index in [1.165, 1.54) is 108 Å². The summed E-state index contributed by atoms with van der Waals surface area (Å²) < 4.78 is 16.8. The van der Waals surface area contributed by atoms with E-state index >= 15 is 0 Å². The molecule has 8 heteroatoms. The lowest BCUT2D eigenvalue weighted by atomic mass is 10.0. The molecule has 280 valence electrons. The van der Waals surface area contributed by atoms with Crippen molar-refractivity contribution in [2.24, 2.45) is 0 Å². The number of nitrogens with zero attached hydrogens (tertiary/aromatic N) is 1. The van der Waals surface area contributed by atoms with Crippen molar-refractivity contribution in [1.29, 1.82) is 0 Å². The maximum absolute atomic E-state index is 12.9. The first-order valence-electron chi connectivity index (χ1n) is 19.3. The van der Waals surface area contributed by atoms with Gasteiger partial charge in [0.25, 0.3) is 0 Å². The van der Waals surface area contributed by atoms with Gasteiger partial charge in [0, 0.05) is 17.7 Å². The van der Waals surface area contributed by atoms with Crippen LogP contribution in [0.1, 0.15) is 138 Å². The van der Waals surface area contributed by atoms with Gasteiger partial charge in [-0.25, -0.2) is 4.79 Å². The summed E-state index contributed by atoms with van der Waals surface area (Å²) in [6.07, 6.45) is 26.2. The van der Waals surface area contributed by atoms with E-state index < -0.39 is 22.4 Å². The Morgan fingerprint density at radius 2 is 1.06 bits per heavy atom. The summed E-state index contributed by atoms with van der Waals surface area (Å²) in [5.74, 6) is 0.0728. The number of allylic oxidation sites excluding steroid dienone is 1. The van der Waals surface area contributed by atoms with E-state index in [0.29, 0.717) is 13.2 Å². The largest absolute Gasteiger partial charge is 0.494 e. The van der Waals surface area contributed by atoms with Crippen LogP contribution in [0.5, 0.6) is 17.2 Å². The number of hydrogen-bond acceptors (Lipinski definition) is 7. The van der Waals surface area contributed by atoms with E-state index in [2.05, 4.69) is 13.8 Å². The van der Waals surface area contributed by atoms with Crippen LogP contribution in [0.3, 0.4) is 0 Å². The smallest absolute Gasteiger partial charge is 0.336 e. The lowest BCUT2D eigenvalue weighted by molar-refractivity contribution is -0.385. The minimum absolute atomic E-state index is 0.104. The van der Waals surface area contributed by atoms with Crippen molar-refractivity contribution in [3.05, 3.63) is 106 Å². The van der Waals surface area contributed by atoms with E-state index in [0.717, 1.165) is 48.0 Å². The zero-order valence-electron chi connectivity index (χ0n) is 31.2. The molecule has 0 aliphatic carbocycles. The minimum atomic E-state index is -0.780. The summed E-state index contributed by atoms with van der Waals surface area (Å²) in [6.45, 7) is 5.67. The van der Waals surface area contributed by atoms with E-state index in [4.69, 9.17) is 14.2 Å². The topological polar surface area (TPSA) is 105 Å². The van der Waals surface area contributed by atoms with Gasteiger partial charge in [-0.05, 0) is 72.5 Å². The fourth-order valence-corrected chi connectivity index (χ4v) is 5.65. The van der Waals surface area contributed by atoms with E-state index in [-0.39, 0.29) is 11.3 Å². The second-order valence-electron chi connectivity index (χ2n) is 13.2. The quantitative estimate of drug-likeness (QED) is 0.0147. The normalized spacial score (nSPS) is 11.3.